The van der Waals surface area contributed by atoms with E-state index in [1.54, 1.807) is 4.90 Å². The predicted molar refractivity (Wildman–Crippen MR) is 63.9 cm³/mol. The maximum atomic E-state index is 11.8. The number of carboxylic acids is 1. The summed E-state index contributed by atoms with van der Waals surface area (Å²) in [6.45, 7) is 2.12. The summed E-state index contributed by atoms with van der Waals surface area (Å²) in [7, 11) is 0. The molecule has 1 aromatic carbocycles. The number of likely N-dealkylation sites (N-methyl/N-ethyl adjacent to an activating group) is 1. The first-order valence-corrected chi connectivity index (χ1v) is 5.84. The molecule has 96 valence electrons. The van der Waals surface area contributed by atoms with Gasteiger partial charge in [0.15, 0.2) is 6.10 Å². The van der Waals surface area contributed by atoms with Crippen molar-refractivity contribution in [3.63, 3.8) is 0 Å². The Balaban J connectivity index is 2.40. The standard InChI is InChI=1S/C13H15NO4/c1-2-14-10(15)8-18-12(13(16)17)11(14)9-6-4-3-5-7-9/h3-7,11-12H,2,8H2,1H3,(H,16,17)/t11-,12-/m0/s1. The molecule has 1 aliphatic heterocycles. The lowest BCUT2D eigenvalue weighted by Crippen LogP contribution is -2.51. The highest BCUT2D eigenvalue weighted by molar-refractivity contribution is 5.82. The van der Waals surface area contributed by atoms with Gasteiger partial charge >= 0.3 is 5.97 Å². The summed E-state index contributed by atoms with van der Waals surface area (Å²) in [5.41, 5.74) is 0.778. The first kappa shape index (κ1) is 12.6. The van der Waals surface area contributed by atoms with Crippen molar-refractivity contribution in [2.45, 2.75) is 19.1 Å². The van der Waals surface area contributed by atoms with Crippen LogP contribution in [0, 0.1) is 0 Å². The number of carbonyl (C=O) groups excluding carboxylic acids is 1. The summed E-state index contributed by atoms with van der Waals surface area (Å²) in [4.78, 5) is 24.6. The largest absolute Gasteiger partial charge is 0.479 e. The lowest BCUT2D eigenvalue weighted by molar-refractivity contribution is -0.172. The minimum Gasteiger partial charge on any atom is -0.479 e. The van der Waals surface area contributed by atoms with E-state index in [-0.39, 0.29) is 12.5 Å². The van der Waals surface area contributed by atoms with E-state index in [1.165, 1.54) is 0 Å². The zero-order valence-electron chi connectivity index (χ0n) is 10.1. The van der Waals surface area contributed by atoms with Crippen LogP contribution in [0.4, 0.5) is 0 Å². The first-order valence-electron chi connectivity index (χ1n) is 5.84. The fourth-order valence-corrected chi connectivity index (χ4v) is 2.24. The van der Waals surface area contributed by atoms with Crippen LogP contribution in [0.3, 0.4) is 0 Å². The van der Waals surface area contributed by atoms with E-state index in [4.69, 9.17) is 4.74 Å². The van der Waals surface area contributed by atoms with Crippen LogP contribution in [0.5, 0.6) is 0 Å². The second kappa shape index (κ2) is 5.18. The summed E-state index contributed by atoms with van der Waals surface area (Å²) in [5, 5.41) is 9.21. The van der Waals surface area contributed by atoms with Gasteiger partial charge in [-0.15, -0.1) is 0 Å². The fraction of sp³-hybridized carbons (Fsp3) is 0.385. The van der Waals surface area contributed by atoms with Gasteiger partial charge in [-0.05, 0) is 12.5 Å². The molecule has 1 fully saturated rings. The van der Waals surface area contributed by atoms with Crippen LogP contribution in [0.2, 0.25) is 0 Å². The summed E-state index contributed by atoms with van der Waals surface area (Å²) < 4.78 is 5.16. The molecule has 0 bridgehead atoms. The quantitative estimate of drug-likeness (QED) is 0.869. The van der Waals surface area contributed by atoms with Crippen LogP contribution in [-0.4, -0.2) is 41.1 Å². The average molecular weight is 249 g/mol. The monoisotopic (exact) mass is 249 g/mol. The molecule has 1 heterocycles. The molecule has 5 heteroatoms. The fourth-order valence-electron chi connectivity index (χ4n) is 2.24. The van der Waals surface area contributed by atoms with Gasteiger partial charge in [-0.2, -0.15) is 0 Å². The molecule has 1 aliphatic rings. The zero-order valence-corrected chi connectivity index (χ0v) is 10.1. The second-order valence-electron chi connectivity index (χ2n) is 4.11. The number of carboxylic acid groups (broad SMARTS) is 1. The van der Waals surface area contributed by atoms with E-state index < -0.39 is 18.1 Å². The summed E-state index contributed by atoms with van der Waals surface area (Å²) >= 11 is 0. The molecule has 0 radical (unpaired) electrons. The molecule has 1 saturated heterocycles. The molecule has 1 aromatic rings. The van der Waals surface area contributed by atoms with Crippen LogP contribution in [0.25, 0.3) is 0 Å². The molecule has 5 nitrogen and oxygen atoms in total. The summed E-state index contributed by atoms with van der Waals surface area (Å²) in [5.74, 6) is -1.22. The highest BCUT2D eigenvalue weighted by Crippen LogP contribution is 2.29. The Morgan fingerprint density at radius 2 is 2.11 bits per heavy atom. The Labute approximate surface area is 105 Å². The molecule has 2 rings (SSSR count). The third kappa shape index (κ3) is 2.22. The number of morpholine rings is 1. The van der Waals surface area contributed by atoms with Gasteiger partial charge in [0.1, 0.15) is 6.61 Å². The van der Waals surface area contributed by atoms with Crippen molar-refractivity contribution in [3.05, 3.63) is 35.9 Å². The maximum absolute atomic E-state index is 11.8. The predicted octanol–water partition coefficient (Wildman–Crippen LogP) is 1.06. The normalized spacial score (nSPS) is 24.1. The number of rotatable bonds is 3. The van der Waals surface area contributed by atoms with Crippen molar-refractivity contribution in [1.82, 2.24) is 4.90 Å². The number of carbonyl (C=O) groups is 2. The van der Waals surface area contributed by atoms with Crippen molar-refractivity contribution in [2.75, 3.05) is 13.2 Å². The van der Waals surface area contributed by atoms with Crippen molar-refractivity contribution in [1.29, 1.82) is 0 Å². The highest BCUT2D eigenvalue weighted by Gasteiger charge is 2.40. The molecule has 0 aromatic heterocycles. The maximum Gasteiger partial charge on any atom is 0.335 e. The third-order valence-electron chi connectivity index (χ3n) is 3.05. The van der Waals surface area contributed by atoms with E-state index in [0.717, 1.165) is 5.56 Å². The summed E-state index contributed by atoms with van der Waals surface area (Å²) in [6, 6.07) is 8.55. The van der Waals surface area contributed by atoms with Crippen molar-refractivity contribution < 1.29 is 19.4 Å². The van der Waals surface area contributed by atoms with Gasteiger partial charge in [0.2, 0.25) is 5.91 Å². The van der Waals surface area contributed by atoms with Crippen molar-refractivity contribution in [3.8, 4) is 0 Å². The Bertz CT molecular complexity index is 444. The van der Waals surface area contributed by atoms with Gasteiger partial charge in [-0.3, -0.25) is 4.79 Å². The number of benzene rings is 1. The number of aliphatic carboxylic acids is 1. The third-order valence-corrected chi connectivity index (χ3v) is 3.05. The molecule has 18 heavy (non-hydrogen) atoms. The van der Waals surface area contributed by atoms with Gasteiger partial charge in [-0.25, -0.2) is 4.79 Å². The number of amides is 1. The molecule has 1 N–H and O–H groups in total. The molecule has 0 saturated carbocycles. The van der Waals surface area contributed by atoms with Gasteiger partial charge in [0, 0.05) is 6.54 Å². The molecule has 1 amide bonds. The number of ether oxygens (including phenoxy) is 1. The zero-order chi connectivity index (χ0) is 13.1. The van der Waals surface area contributed by atoms with Crippen LogP contribution >= 0.6 is 0 Å². The smallest absolute Gasteiger partial charge is 0.335 e. The van der Waals surface area contributed by atoms with Crippen LogP contribution in [0.1, 0.15) is 18.5 Å². The minimum absolute atomic E-state index is 0.172. The van der Waals surface area contributed by atoms with Gasteiger partial charge in [0.05, 0.1) is 6.04 Å². The van der Waals surface area contributed by atoms with E-state index in [2.05, 4.69) is 0 Å². The Morgan fingerprint density at radius 3 is 2.67 bits per heavy atom. The molecule has 0 aliphatic carbocycles. The van der Waals surface area contributed by atoms with E-state index in [9.17, 15) is 14.7 Å². The lowest BCUT2D eigenvalue weighted by Gasteiger charge is -2.38. The minimum atomic E-state index is -1.05. The molecule has 2 atom stereocenters. The van der Waals surface area contributed by atoms with Crippen LogP contribution in [0.15, 0.2) is 30.3 Å². The molecular formula is C13H15NO4. The Kier molecular flexibility index (Phi) is 3.62. The number of hydrogen-bond acceptors (Lipinski definition) is 3. The molecular weight excluding hydrogens is 234 g/mol. The van der Waals surface area contributed by atoms with Gasteiger partial charge in [0.25, 0.3) is 0 Å². The second-order valence-corrected chi connectivity index (χ2v) is 4.11. The average Bonchev–Trinajstić information content (AvgIpc) is 2.39. The summed E-state index contributed by atoms with van der Waals surface area (Å²) in [6.07, 6.45) is -1.01. The van der Waals surface area contributed by atoms with Crippen molar-refractivity contribution in [2.24, 2.45) is 0 Å². The topological polar surface area (TPSA) is 66.8 Å². The number of nitrogens with zero attached hydrogens (tertiary/aromatic N) is 1. The van der Waals surface area contributed by atoms with E-state index >= 15 is 0 Å². The van der Waals surface area contributed by atoms with Crippen molar-refractivity contribution >= 4 is 11.9 Å². The first-order chi connectivity index (χ1) is 8.65. The van der Waals surface area contributed by atoms with Gasteiger partial charge < -0.3 is 14.7 Å². The van der Waals surface area contributed by atoms with E-state index in [1.807, 2.05) is 37.3 Å². The Morgan fingerprint density at radius 1 is 1.44 bits per heavy atom. The SMILES string of the molecule is CCN1C(=O)CO[C@H](C(=O)O)[C@@H]1c1ccccc1. The molecule has 0 spiro atoms. The Hall–Kier alpha value is -1.88. The van der Waals surface area contributed by atoms with Crippen LogP contribution in [-0.2, 0) is 14.3 Å². The van der Waals surface area contributed by atoms with E-state index in [0.29, 0.717) is 6.54 Å². The lowest BCUT2D eigenvalue weighted by atomic mass is 9.98. The van der Waals surface area contributed by atoms with Gasteiger partial charge in [-0.1, -0.05) is 30.3 Å². The highest BCUT2D eigenvalue weighted by atomic mass is 16.5. The van der Waals surface area contributed by atoms with Crippen LogP contribution < -0.4 is 0 Å². The number of hydrogen-bond donors (Lipinski definition) is 1. The molecule has 0 unspecified atom stereocenters.